The summed E-state index contributed by atoms with van der Waals surface area (Å²) in [4.78, 5) is 31.4. The molecule has 2 unspecified atom stereocenters. The molecule has 0 bridgehead atoms. The Bertz CT molecular complexity index is 1180. The van der Waals surface area contributed by atoms with Gasteiger partial charge in [0.25, 0.3) is 11.8 Å². The average Bonchev–Trinajstić information content (AvgIpc) is 3.42. The molecule has 2 aliphatic rings. The lowest BCUT2D eigenvalue weighted by Gasteiger charge is -2.19. The Balaban J connectivity index is 1.37. The molecule has 2 atom stereocenters. The van der Waals surface area contributed by atoms with Gasteiger partial charge in [-0.3, -0.25) is 14.6 Å². The summed E-state index contributed by atoms with van der Waals surface area (Å²) >= 11 is 3.35. The first-order valence-electron chi connectivity index (χ1n) is 9.22. The highest BCUT2D eigenvalue weighted by Gasteiger charge is 2.55. The van der Waals surface area contributed by atoms with Gasteiger partial charge in [-0.25, -0.2) is 4.90 Å². The molecular formula is C20H15BrN6O3. The number of carbonyl (C=O) groups excluding carboxylic acids is 2. The van der Waals surface area contributed by atoms with Crippen molar-refractivity contribution in [1.82, 2.24) is 15.1 Å². The van der Waals surface area contributed by atoms with E-state index in [0.29, 0.717) is 11.5 Å². The van der Waals surface area contributed by atoms with Crippen molar-refractivity contribution in [3.05, 3.63) is 64.5 Å². The second-order valence-electron chi connectivity index (χ2n) is 7.01. The van der Waals surface area contributed by atoms with Crippen LogP contribution in [0.2, 0.25) is 0 Å². The molecule has 0 spiro atoms. The predicted molar refractivity (Wildman–Crippen MR) is 109 cm³/mol. The molecule has 1 fully saturated rings. The monoisotopic (exact) mass is 466 g/mol. The van der Waals surface area contributed by atoms with Crippen LogP contribution in [-0.2, 0) is 16.1 Å². The molecule has 3 aromatic rings. The zero-order chi connectivity index (χ0) is 20.8. The molecule has 1 saturated heterocycles. The molecule has 3 heterocycles. The number of carbonyl (C=O) groups is 2. The second kappa shape index (κ2) is 7.13. The van der Waals surface area contributed by atoms with Gasteiger partial charge in [0.15, 0.2) is 12.1 Å². The third kappa shape index (κ3) is 3.00. The van der Waals surface area contributed by atoms with Crippen LogP contribution >= 0.6 is 15.9 Å². The lowest BCUT2D eigenvalue weighted by molar-refractivity contribution is -0.123. The maximum atomic E-state index is 13.0. The predicted octanol–water partition coefficient (Wildman–Crippen LogP) is 3.30. The lowest BCUT2D eigenvalue weighted by atomic mass is 10.1. The van der Waals surface area contributed by atoms with Crippen LogP contribution in [0.25, 0.3) is 11.4 Å². The highest BCUT2D eigenvalue weighted by molar-refractivity contribution is 9.10. The van der Waals surface area contributed by atoms with E-state index in [1.165, 1.54) is 5.01 Å². The van der Waals surface area contributed by atoms with E-state index in [1.54, 1.807) is 24.3 Å². The molecule has 1 aromatic heterocycles. The molecule has 0 saturated carbocycles. The van der Waals surface area contributed by atoms with Gasteiger partial charge in [0.05, 0.1) is 5.69 Å². The van der Waals surface area contributed by atoms with Crippen LogP contribution in [0.5, 0.6) is 0 Å². The first kappa shape index (κ1) is 18.6. The van der Waals surface area contributed by atoms with E-state index in [9.17, 15) is 9.59 Å². The molecule has 2 aliphatic heterocycles. The van der Waals surface area contributed by atoms with E-state index in [0.717, 1.165) is 20.5 Å². The quantitative estimate of drug-likeness (QED) is 0.546. The third-order valence-corrected chi connectivity index (χ3v) is 5.62. The largest absolute Gasteiger partial charge is 0.337 e. The van der Waals surface area contributed by atoms with Crippen molar-refractivity contribution in [2.45, 2.75) is 25.6 Å². The number of hydrogen-bond donors (Lipinski definition) is 0. The summed E-state index contributed by atoms with van der Waals surface area (Å²) in [5, 5.41) is 13.5. The van der Waals surface area contributed by atoms with Gasteiger partial charge in [0.2, 0.25) is 11.7 Å². The maximum Gasteiger partial charge on any atom is 0.263 e. The van der Waals surface area contributed by atoms with Crippen molar-refractivity contribution in [3.63, 3.8) is 0 Å². The van der Waals surface area contributed by atoms with Crippen LogP contribution in [-0.4, -0.2) is 39.0 Å². The minimum absolute atomic E-state index is 0.0801. The molecule has 5 rings (SSSR count). The van der Waals surface area contributed by atoms with Crippen molar-refractivity contribution < 1.29 is 14.1 Å². The number of amides is 2. The van der Waals surface area contributed by atoms with Crippen LogP contribution in [0, 0.1) is 6.92 Å². The zero-order valence-electron chi connectivity index (χ0n) is 15.8. The van der Waals surface area contributed by atoms with Crippen molar-refractivity contribution in [2.24, 2.45) is 10.3 Å². The number of nitrogens with zero attached hydrogens (tertiary/aromatic N) is 6. The van der Waals surface area contributed by atoms with E-state index in [2.05, 4.69) is 36.4 Å². The average molecular weight is 467 g/mol. The van der Waals surface area contributed by atoms with E-state index in [-0.39, 0.29) is 18.3 Å². The molecule has 10 heteroatoms. The first-order valence-corrected chi connectivity index (χ1v) is 10.0. The van der Waals surface area contributed by atoms with E-state index >= 15 is 0 Å². The van der Waals surface area contributed by atoms with Crippen LogP contribution < -0.4 is 4.90 Å². The number of halogens is 1. The Morgan fingerprint density at radius 3 is 2.60 bits per heavy atom. The summed E-state index contributed by atoms with van der Waals surface area (Å²) in [7, 11) is 0. The number of fused-ring (bicyclic) bond motifs is 1. The topological polar surface area (TPSA) is 104 Å². The molecule has 30 heavy (non-hydrogen) atoms. The molecule has 0 N–H and O–H groups in total. The number of rotatable bonds is 4. The van der Waals surface area contributed by atoms with E-state index in [1.807, 2.05) is 31.2 Å². The summed E-state index contributed by atoms with van der Waals surface area (Å²) < 4.78 is 6.21. The molecular weight excluding hydrogens is 452 g/mol. The number of anilines is 1. The molecule has 2 aromatic carbocycles. The number of aromatic nitrogens is 2. The highest BCUT2D eigenvalue weighted by Crippen LogP contribution is 2.33. The van der Waals surface area contributed by atoms with Gasteiger partial charge in [-0.15, -0.1) is 0 Å². The fourth-order valence-electron chi connectivity index (χ4n) is 3.59. The van der Waals surface area contributed by atoms with Crippen LogP contribution in [0.3, 0.4) is 0 Å². The smallest absolute Gasteiger partial charge is 0.263 e. The molecule has 0 radical (unpaired) electrons. The summed E-state index contributed by atoms with van der Waals surface area (Å²) in [6, 6.07) is 13.0. The van der Waals surface area contributed by atoms with Gasteiger partial charge >= 0.3 is 0 Å². The maximum absolute atomic E-state index is 13.0. The second-order valence-corrected chi connectivity index (χ2v) is 7.92. The highest BCUT2D eigenvalue weighted by atomic mass is 79.9. The Morgan fingerprint density at radius 2 is 1.83 bits per heavy atom. The van der Waals surface area contributed by atoms with Crippen molar-refractivity contribution in [3.8, 4) is 11.4 Å². The van der Waals surface area contributed by atoms with Crippen LogP contribution in [0.15, 0.2) is 67.9 Å². The van der Waals surface area contributed by atoms with E-state index < -0.39 is 18.0 Å². The molecule has 0 aliphatic carbocycles. The van der Waals surface area contributed by atoms with Gasteiger partial charge in [0, 0.05) is 10.0 Å². The first-order chi connectivity index (χ1) is 14.5. The van der Waals surface area contributed by atoms with Gasteiger partial charge in [-0.2, -0.15) is 10.1 Å². The summed E-state index contributed by atoms with van der Waals surface area (Å²) in [6.07, 6.45) is 0. The zero-order valence-corrected chi connectivity index (χ0v) is 17.4. The minimum atomic E-state index is -0.875. The van der Waals surface area contributed by atoms with Gasteiger partial charge < -0.3 is 4.52 Å². The van der Waals surface area contributed by atoms with Crippen molar-refractivity contribution in [2.75, 3.05) is 4.90 Å². The Morgan fingerprint density at radius 1 is 1.07 bits per heavy atom. The minimum Gasteiger partial charge on any atom is -0.337 e. The third-order valence-electron chi connectivity index (χ3n) is 5.09. The Labute approximate surface area is 179 Å². The molecule has 150 valence electrons. The van der Waals surface area contributed by atoms with Crippen molar-refractivity contribution in [1.29, 1.82) is 0 Å². The molecule has 2 amide bonds. The van der Waals surface area contributed by atoms with Gasteiger partial charge in [-0.1, -0.05) is 50.6 Å². The van der Waals surface area contributed by atoms with Crippen molar-refractivity contribution >= 4 is 33.4 Å². The number of benzene rings is 2. The number of hydrogen-bond acceptors (Lipinski definition) is 8. The number of imide groups is 1. The SMILES string of the molecule is Cc1ccccc1-c1noc(CN2N=NC3C(=O)N(c4ccc(Br)cc4)C(=O)C32)n1. The molecule has 9 nitrogen and oxygen atoms in total. The Hall–Kier alpha value is -3.40. The van der Waals surface area contributed by atoms with E-state index in [4.69, 9.17) is 4.52 Å². The fourth-order valence-corrected chi connectivity index (χ4v) is 3.85. The summed E-state index contributed by atoms with van der Waals surface area (Å²) in [5.74, 6) is -0.0306. The summed E-state index contributed by atoms with van der Waals surface area (Å²) in [6.45, 7) is 2.04. The lowest BCUT2D eigenvalue weighted by Crippen LogP contribution is -2.39. The van der Waals surface area contributed by atoms with Gasteiger partial charge in [0.1, 0.15) is 6.54 Å². The fraction of sp³-hybridized carbons (Fsp3) is 0.200. The standard InChI is InChI=1S/C20H15BrN6O3/c1-11-4-2-3-5-14(11)18-22-15(30-24-18)10-26-17-16(23-25-26)19(28)27(20(17)29)13-8-6-12(21)7-9-13/h2-9,16-17H,10H2,1H3. The Kier molecular flexibility index (Phi) is 4.43. The number of aryl methyl sites for hydroxylation is 1. The van der Waals surface area contributed by atoms with Crippen LogP contribution in [0.1, 0.15) is 11.5 Å². The summed E-state index contributed by atoms with van der Waals surface area (Å²) in [5.41, 5.74) is 2.38. The van der Waals surface area contributed by atoms with Gasteiger partial charge in [-0.05, 0) is 36.8 Å². The normalized spacial score (nSPS) is 20.3. The van der Waals surface area contributed by atoms with Crippen LogP contribution in [0.4, 0.5) is 5.69 Å².